The van der Waals surface area contributed by atoms with Crippen molar-refractivity contribution in [2.45, 2.75) is 24.6 Å². The number of ether oxygens (including phenoxy) is 1. The zero-order chi connectivity index (χ0) is 20.8. The molecule has 2 heterocycles. The number of methoxy groups -OCH3 is 1. The summed E-state index contributed by atoms with van der Waals surface area (Å²) < 4.78 is 12.1. The largest absolute Gasteiger partial charge is 0.496 e. The highest BCUT2D eigenvalue weighted by atomic mass is 32.2. The van der Waals surface area contributed by atoms with Crippen LogP contribution in [0.2, 0.25) is 0 Å². The summed E-state index contributed by atoms with van der Waals surface area (Å²) in [4.78, 5) is 16.7. The minimum atomic E-state index is -0.111. The molecule has 4 rings (SSSR count). The average Bonchev–Trinajstić information content (AvgIpc) is 3.41. The first-order valence-corrected chi connectivity index (χ1v) is 11.2. The molecular formula is C21H20N4O3S2. The molecule has 1 N–H and O–H groups in total. The van der Waals surface area contributed by atoms with Crippen molar-refractivity contribution in [3.8, 4) is 5.75 Å². The van der Waals surface area contributed by atoms with Crippen LogP contribution in [0.25, 0.3) is 10.2 Å². The third kappa shape index (κ3) is 5.17. The van der Waals surface area contributed by atoms with Gasteiger partial charge >= 0.3 is 0 Å². The highest BCUT2D eigenvalue weighted by Crippen LogP contribution is 2.23. The first-order valence-electron chi connectivity index (χ1n) is 9.39. The monoisotopic (exact) mass is 440 g/mol. The topological polar surface area (TPSA) is 90.1 Å². The lowest BCUT2D eigenvalue weighted by Crippen LogP contribution is -2.24. The van der Waals surface area contributed by atoms with Crippen LogP contribution in [0, 0.1) is 0 Å². The molecule has 9 heteroatoms. The molecule has 0 fully saturated rings. The van der Waals surface area contributed by atoms with Crippen LogP contribution in [0.5, 0.6) is 5.75 Å². The number of nitrogens with zero attached hydrogens (tertiary/aromatic N) is 3. The van der Waals surface area contributed by atoms with Gasteiger partial charge in [0, 0.05) is 24.9 Å². The molecule has 0 unspecified atom stereocenters. The highest BCUT2D eigenvalue weighted by molar-refractivity contribution is 7.99. The van der Waals surface area contributed by atoms with E-state index in [1.807, 2.05) is 42.5 Å². The van der Waals surface area contributed by atoms with Gasteiger partial charge in [0.05, 0.1) is 28.1 Å². The van der Waals surface area contributed by atoms with Crippen molar-refractivity contribution >= 4 is 39.2 Å². The normalized spacial score (nSPS) is 11.0. The van der Waals surface area contributed by atoms with E-state index in [2.05, 4.69) is 26.6 Å². The quantitative estimate of drug-likeness (QED) is 0.395. The summed E-state index contributed by atoms with van der Waals surface area (Å²) in [5, 5.41) is 12.4. The Morgan fingerprint density at radius 2 is 1.97 bits per heavy atom. The average molecular weight is 441 g/mol. The molecule has 1 amide bonds. The summed E-state index contributed by atoms with van der Waals surface area (Å²) in [7, 11) is 1.61. The maximum absolute atomic E-state index is 12.1. The van der Waals surface area contributed by atoms with Gasteiger partial charge in [0.2, 0.25) is 11.8 Å². The molecule has 0 bridgehead atoms. The Hall–Kier alpha value is -2.91. The minimum Gasteiger partial charge on any atom is -0.496 e. The van der Waals surface area contributed by atoms with Crippen molar-refractivity contribution in [1.82, 2.24) is 20.5 Å². The molecule has 0 saturated heterocycles. The van der Waals surface area contributed by atoms with E-state index in [1.54, 1.807) is 18.4 Å². The Bertz CT molecular complexity index is 1110. The summed E-state index contributed by atoms with van der Waals surface area (Å²) in [6.45, 7) is 0.403. The maximum Gasteiger partial charge on any atom is 0.277 e. The number of thiazole rings is 1. The lowest BCUT2D eigenvalue weighted by Gasteiger charge is -2.08. The zero-order valence-electron chi connectivity index (χ0n) is 16.3. The van der Waals surface area contributed by atoms with Crippen molar-refractivity contribution in [2.24, 2.45) is 0 Å². The fraction of sp³-hybridized carbons (Fsp3) is 0.238. The maximum atomic E-state index is 12.1. The molecule has 154 valence electrons. The number of aromatic nitrogens is 3. The first-order chi connectivity index (χ1) is 14.7. The van der Waals surface area contributed by atoms with Crippen LogP contribution >= 0.6 is 23.1 Å². The van der Waals surface area contributed by atoms with Crippen LogP contribution in [-0.4, -0.2) is 34.0 Å². The van der Waals surface area contributed by atoms with Crippen LogP contribution in [0.4, 0.5) is 0 Å². The standard InChI is InChI=1S/C21H20N4O3S2/c1-27-16-8-4-2-6-14(16)12-22-18(26)13-29-21-25-24-19(28-21)10-11-20-23-15-7-3-5-9-17(15)30-20/h2-9H,10-13H2,1H3,(H,22,26). The van der Waals surface area contributed by atoms with E-state index in [0.29, 0.717) is 24.1 Å². The Balaban J connectivity index is 1.23. The Morgan fingerprint density at radius 3 is 2.83 bits per heavy atom. The van der Waals surface area contributed by atoms with Crippen LogP contribution < -0.4 is 10.1 Å². The molecule has 0 aliphatic rings. The van der Waals surface area contributed by atoms with E-state index in [9.17, 15) is 4.79 Å². The summed E-state index contributed by atoms with van der Waals surface area (Å²) >= 11 is 2.90. The molecule has 2 aromatic heterocycles. The Labute approximate surface area is 181 Å². The van der Waals surface area contributed by atoms with Crippen molar-refractivity contribution < 1.29 is 13.9 Å². The number of benzene rings is 2. The van der Waals surface area contributed by atoms with Gasteiger partial charge in [0.25, 0.3) is 5.22 Å². The summed E-state index contributed by atoms with van der Waals surface area (Å²) in [5.74, 6) is 1.39. The van der Waals surface area contributed by atoms with Gasteiger partial charge in [-0.1, -0.05) is 42.1 Å². The number of aryl methyl sites for hydroxylation is 2. The number of hydrogen-bond acceptors (Lipinski definition) is 8. The number of nitrogens with one attached hydrogen (secondary N) is 1. The molecule has 30 heavy (non-hydrogen) atoms. The molecule has 7 nitrogen and oxygen atoms in total. The smallest absolute Gasteiger partial charge is 0.277 e. The summed E-state index contributed by atoms with van der Waals surface area (Å²) in [5.41, 5.74) is 1.94. The van der Waals surface area contributed by atoms with Gasteiger partial charge in [0.15, 0.2) is 0 Å². The predicted molar refractivity (Wildman–Crippen MR) is 117 cm³/mol. The number of thioether (sulfide) groups is 1. The van der Waals surface area contributed by atoms with Crippen molar-refractivity contribution in [3.05, 3.63) is 65.0 Å². The fourth-order valence-corrected chi connectivity index (χ4v) is 4.44. The minimum absolute atomic E-state index is 0.111. The van der Waals surface area contributed by atoms with Crippen LogP contribution in [0.1, 0.15) is 16.5 Å². The van der Waals surface area contributed by atoms with Gasteiger partial charge in [0.1, 0.15) is 5.75 Å². The van der Waals surface area contributed by atoms with Gasteiger partial charge < -0.3 is 14.5 Å². The van der Waals surface area contributed by atoms with E-state index >= 15 is 0 Å². The van der Waals surface area contributed by atoms with E-state index in [1.165, 1.54) is 16.5 Å². The third-order valence-corrected chi connectivity index (χ3v) is 6.25. The molecule has 0 radical (unpaired) electrons. The van der Waals surface area contributed by atoms with E-state index < -0.39 is 0 Å². The number of rotatable bonds is 9. The lowest BCUT2D eigenvalue weighted by atomic mass is 10.2. The van der Waals surface area contributed by atoms with Gasteiger partial charge in [-0.05, 0) is 18.2 Å². The van der Waals surface area contributed by atoms with Crippen molar-refractivity contribution in [3.63, 3.8) is 0 Å². The molecule has 2 aromatic carbocycles. The number of carbonyl (C=O) groups excluding carboxylic acids is 1. The van der Waals surface area contributed by atoms with Crippen LogP contribution in [0.3, 0.4) is 0 Å². The summed E-state index contributed by atoms with van der Waals surface area (Å²) in [6.07, 6.45) is 1.36. The lowest BCUT2D eigenvalue weighted by molar-refractivity contribution is -0.118. The van der Waals surface area contributed by atoms with E-state index in [0.717, 1.165) is 28.3 Å². The molecule has 0 aliphatic heterocycles. The second-order valence-electron chi connectivity index (χ2n) is 6.41. The Kier molecular flexibility index (Phi) is 6.60. The first kappa shape index (κ1) is 20.4. The number of hydrogen-bond donors (Lipinski definition) is 1. The number of amides is 1. The molecular weight excluding hydrogens is 420 g/mol. The SMILES string of the molecule is COc1ccccc1CNC(=O)CSc1nnc(CCc2nc3ccccc3s2)o1. The molecule has 0 saturated carbocycles. The second kappa shape index (κ2) is 9.73. The third-order valence-electron chi connectivity index (χ3n) is 4.33. The van der Waals surface area contributed by atoms with Gasteiger partial charge in [-0.25, -0.2) is 4.98 Å². The van der Waals surface area contributed by atoms with E-state index in [-0.39, 0.29) is 11.7 Å². The molecule has 0 spiro atoms. The van der Waals surface area contributed by atoms with Crippen molar-refractivity contribution in [2.75, 3.05) is 12.9 Å². The van der Waals surface area contributed by atoms with Crippen LogP contribution in [0.15, 0.2) is 58.2 Å². The predicted octanol–water partition coefficient (Wildman–Crippen LogP) is 3.88. The number of para-hydroxylation sites is 2. The number of fused-ring (bicyclic) bond motifs is 1. The van der Waals surface area contributed by atoms with Crippen molar-refractivity contribution in [1.29, 1.82) is 0 Å². The number of carbonyl (C=O) groups is 1. The van der Waals surface area contributed by atoms with Crippen LogP contribution in [-0.2, 0) is 24.2 Å². The van der Waals surface area contributed by atoms with Gasteiger partial charge in [-0.15, -0.1) is 21.5 Å². The second-order valence-corrected chi connectivity index (χ2v) is 8.46. The molecule has 0 atom stereocenters. The summed E-state index contributed by atoms with van der Waals surface area (Å²) in [6, 6.07) is 15.7. The van der Waals surface area contributed by atoms with Gasteiger partial charge in [-0.2, -0.15) is 0 Å². The highest BCUT2D eigenvalue weighted by Gasteiger charge is 2.12. The zero-order valence-corrected chi connectivity index (χ0v) is 18.0. The molecule has 4 aromatic rings. The Morgan fingerprint density at radius 1 is 1.13 bits per heavy atom. The van der Waals surface area contributed by atoms with Gasteiger partial charge in [-0.3, -0.25) is 4.79 Å². The van der Waals surface area contributed by atoms with E-state index in [4.69, 9.17) is 9.15 Å². The fourth-order valence-electron chi connectivity index (χ4n) is 2.86. The molecule has 0 aliphatic carbocycles.